The first kappa shape index (κ1) is 10.5. The molecule has 0 aliphatic heterocycles. The van der Waals surface area contributed by atoms with Gasteiger partial charge >= 0.3 is 0 Å². The quantitative estimate of drug-likeness (QED) is 0.741. The molecule has 0 saturated carbocycles. The fourth-order valence-electron chi connectivity index (χ4n) is 1.05. The molecule has 72 valence electrons. The van der Waals surface area contributed by atoms with Crippen LogP contribution in [0.25, 0.3) is 0 Å². The highest BCUT2D eigenvalue weighted by atomic mass is 79.9. The molecule has 1 aromatic carbocycles. The van der Waals surface area contributed by atoms with Gasteiger partial charge in [-0.2, -0.15) is 0 Å². The summed E-state index contributed by atoms with van der Waals surface area (Å²) in [6.45, 7) is 1.63. The van der Waals surface area contributed by atoms with Gasteiger partial charge in [0.1, 0.15) is 5.75 Å². The van der Waals surface area contributed by atoms with E-state index in [1.165, 1.54) is 0 Å². The number of phenolic OH excluding ortho intramolecular Hbond substituents is 1. The third-order valence-electron chi connectivity index (χ3n) is 1.86. The molecule has 0 aromatic heterocycles. The van der Waals surface area contributed by atoms with Crippen LogP contribution in [0.1, 0.15) is 18.5 Å². The van der Waals surface area contributed by atoms with Crippen LogP contribution in [0, 0.1) is 0 Å². The highest BCUT2D eigenvalue weighted by Crippen LogP contribution is 2.27. The average molecular weight is 246 g/mol. The van der Waals surface area contributed by atoms with E-state index in [2.05, 4.69) is 15.9 Å². The molecule has 2 atom stereocenters. The maximum atomic E-state index is 9.26. The molecule has 0 fully saturated rings. The second-order valence-electron chi connectivity index (χ2n) is 2.97. The highest BCUT2D eigenvalue weighted by molar-refractivity contribution is 9.10. The molecule has 0 bridgehead atoms. The van der Waals surface area contributed by atoms with Crippen molar-refractivity contribution in [3.05, 3.63) is 28.2 Å². The molecule has 2 unspecified atom stereocenters. The minimum Gasteiger partial charge on any atom is -0.508 e. The number of aromatic hydroxyl groups is 1. The van der Waals surface area contributed by atoms with Crippen LogP contribution in [0.2, 0.25) is 0 Å². The van der Waals surface area contributed by atoms with Crippen LogP contribution < -0.4 is 5.73 Å². The van der Waals surface area contributed by atoms with Gasteiger partial charge in [0.15, 0.2) is 0 Å². The topological polar surface area (TPSA) is 66.5 Å². The zero-order valence-corrected chi connectivity index (χ0v) is 8.82. The third kappa shape index (κ3) is 2.43. The lowest BCUT2D eigenvalue weighted by Crippen LogP contribution is -2.23. The van der Waals surface area contributed by atoms with E-state index in [0.29, 0.717) is 4.47 Å². The summed E-state index contributed by atoms with van der Waals surface area (Å²) < 4.78 is 0.709. The van der Waals surface area contributed by atoms with Crippen LogP contribution in [0.5, 0.6) is 5.75 Å². The first-order valence-electron chi connectivity index (χ1n) is 3.94. The Morgan fingerprint density at radius 2 is 2.08 bits per heavy atom. The molecule has 4 N–H and O–H groups in total. The van der Waals surface area contributed by atoms with Crippen molar-refractivity contribution in [2.75, 3.05) is 0 Å². The van der Waals surface area contributed by atoms with Crippen LogP contribution in [0.15, 0.2) is 22.7 Å². The Labute approximate surface area is 85.3 Å². The van der Waals surface area contributed by atoms with Gasteiger partial charge < -0.3 is 15.9 Å². The largest absolute Gasteiger partial charge is 0.508 e. The fraction of sp³-hybridized carbons (Fsp3) is 0.333. The number of phenols is 1. The number of nitrogens with two attached hydrogens (primary N) is 1. The minimum absolute atomic E-state index is 0.174. The lowest BCUT2D eigenvalue weighted by atomic mass is 10.0. The smallest absolute Gasteiger partial charge is 0.116 e. The third-order valence-corrected chi connectivity index (χ3v) is 2.55. The van der Waals surface area contributed by atoms with Gasteiger partial charge in [-0.1, -0.05) is 22.0 Å². The number of halogens is 1. The fourth-order valence-corrected chi connectivity index (χ4v) is 1.68. The van der Waals surface area contributed by atoms with Gasteiger partial charge in [-0.05, 0) is 24.6 Å². The molecule has 0 spiro atoms. The van der Waals surface area contributed by atoms with Crippen molar-refractivity contribution < 1.29 is 10.2 Å². The zero-order chi connectivity index (χ0) is 10.0. The average Bonchev–Trinajstić information content (AvgIpc) is 2.03. The van der Waals surface area contributed by atoms with Gasteiger partial charge in [0, 0.05) is 4.47 Å². The van der Waals surface area contributed by atoms with Crippen molar-refractivity contribution in [1.29, 1.82) is 0 Å². The number of benzene rings is 1. The Morgan fingerprint density at radius 3 is 2.54 bits per heavy atom. The molecule has 0 aliphatic rings. The van der Waals surface area contributed by atoms with E-state index in [-0.39, 0.29) is 5.75 Å². The summed E-state index contributed by atoms with van der Waals surface area (Å²) in [5.41, 5.74) is 6.51. The van der Waals surface area contributed by atoms with Crippen LogP contribution >= 0.6 is 15.9 Å². The summed E-state index contributed by atoms with van der Waals surface area (Å²) in [6, 6.07) is 4.35. The number of hydrogen-bond acceptors (Lipinski definition) is 3. The lowest BCUT2D eigenvalue weighted by Gasteiger charge is -2.16. The number of hydrogen-bond donors (Lipinski definition) is 3. The second kappa shape index (κ2) is 4.09. The standard InChI is InChI=1S/C9H12BrNO2/c1-5(12)9(11)7-3-2-6(13)4-8(7)10/h2-5,9,12-13H,11H2,1H3. The predicted molar refractivity (Wildman–Crippen MR) is 54.4 cm³/mol. The van der Waals surface area contributed by atoms with Gasteiger partial charge in [0.05, 0.1) is 12.1 Å². The minimum atomic E-state index is -0.610. The SMILES string of the molecule is CC(O)C(N)c1ccc(O)cc1Br. The predicted octanol–water partition coefficient (Wildman–Crippen LogP) is 1.54. The van der Waals surface area contributed by atoms with Crippen molar-refractivity contribution in [3.63, 3.8) is 0 Å². The van der Waals surface area contributed by atoms with Crippen molar-refractivity contribution in [3.8, 4) is 5.75 Å². The van der Waals surface area contributed by atoms with Crippen LogP contribution in [0.3, 0.4) is 0 Å². The van der Waals surface area contributed by atoms with E-state index in [9.17, 15) is 5.11 Å². The lowest BCUT2D eigenvalue weighted by molar-refractivity contribution is 0.164. The Hall–Kier alpha value is -0.580. The molecule has 0 heterocycles. The highest BCUT2D eigenvalue weighted by Gasteiger charge is 2.14. The van der Waals surface area contributed by atoms with Gasteiger partial charge in [-0.25, -0.2) is 0 Å². The molecular formula is C9H12BrNO2. The summed E-state index contributed by atoms with van der Waals surface area (Å²) in [5.74, 6) is 0.174. The molecular weight excluding hydrogens is 234 g/mol. The maximum Gasteiger partial charge on any atom is 0.116 e. The summed E-state index contributed by atoms with van der Waals surface area (Å²) in [7, 11) is 0. The molecule has 0 radical (unpaired) electrons. The van der Waals surface area contributed by atoms with Crippen molar-refractivity contribution in [2.45, 2.75) is 19.1 Å². The Balaban J connectivity index is 3.01. The Morgan fingerprint density at radius 1 is 1.46 bits per heavy atom. The number of aliphatic hydroxyl groups is 1. The molecule has 1 rings (SSSR count). The van der Waals surface area contributed by atoms with Crippen LogP contribution in [-0.4, -0.2) is 16.3 Å². The molecule has 3 nitrogen and oxygen atoms in total. The molecule has 0 saturated heterocycles. The van der Waals surface area contributed by atoms with Gasteiger partial charge in [-0.3, -0.25) is 0 Å². The monoisotopic (exact) mass is 245 g/mol. The van der Waals surface area contributed by atoms with Crippen LogP contribution in [0.4, 0.5) is 0 Å². The van der Waals surface area contributed by atoms with E-state index >= 15 is 0 Å². The Kier molecular flexibility index (Phi) is 3.30. The van der Waals surface area contributed by atoms with Crippen molar-refractivity contribution in [2.24, 2.45) is 5.73 Å². The molecule has 1 aromatic rings. The molecule has 4 heteroatoms. The molecule has 13 heavy (non-hydrogen) atoms. The molecule has 0 aliphatic carbocycles. The normalized spacial score (nSPS) is 15.4. The summed E-state index contributed by atoms with van der Waals surface area (Å²) >= 11 is 3.26. The summed E-state index contributed by atoms with van der Waals surface area (Å²) in [5, 5.41) is 18.4. The first-order valence-corrected chi connectivity index (χ1v) is 4.73. The van der Waals surface area contributed by atoms with Crippen molar-refractivity contribution in [1.82, 2.24) is 0 Å². The molecule has 0 amide bonds. The maximum absolute atomic E-state index is 9.26. The second-order valence-corrected chi connectivity index (χ2v) is 3.83. The van der Waals surface area contributed by atoms with E-state index < -0.39 is 12.1 Å². The zero-order valence-electron chi connectivity index (χ0n) is 7.24. The summed E-state index contributed by atoms with van der Waals surface area (Å²) in [4.78, 5) is 0. The van der Waals surface area contributed by atoms with Gasteiger partial charge in [0.25, 0.3) is 0 Å². The summed E-state index contributed by atoms with van der Waals surface area (Å²) in [6.07, 6.45) is -0.610. The van der Waals surface area contributed by atoms with E-state index in [1.807, 2.05) is 0 Å². The first-order chi connectivity index (χ1) is 6.02. The van der Waals surface area contributed by atoms with Gasteiger partial charge in [-0.15, -0.1) is 0 Å². The Bertz CT molecular complexity index is 302. The van der Waals surface area contributed by atoms with E-state index in [0.717, 1.165) is 5.56 Å². The number of aliphatic hydroxyl groups excluding tert-OH is 1. The van der Waals surface area contributed by atoms with Crippen LogP contribution in [-0.2, 0) is 0 Å². The van der Waals surface area contributed by atoms with Crippen molar-refractivity contribution >= 4 is 15.9 Å². The van der Waals surface area contributed by atoms with Gasteiger partial charge in [0.2, 0.25) is 0 Å². The number of rotatable bonds is 2. The van der Waals surface area contributed by atoms with E-state index in [4.69, 9.17) is 10.8 Å². The van der Waals surface area contributed by atoms with E-state index in [1.54, 1.807) is 25.1 Å².